The molecule has 1 spiro atoms. The van der Waals surface area contributed by atoms with Crippen molar-refractivity contribution in [1.29, 1.82) is 0 Å². The number of rotatable bonds is 2. The van der Waals surface area contributed by atoms with E-state index in [-0.39, 0.29) is 41.4 Å². The Labute approximate surface area is 170 Å². The molecular weight excluding hydrogens is 368 g/mol. The van der Waals surface area contributed by atoms with Crippen LogP contribution in [0.1, 0.15) is 18.4 Å². The van der Waals surface area contributed by atoms with Crippen molar-refractivity contribution in [1.82, 2.24) is 4.90 Å². The highest BCUT2D eigenvalue weighted by Crippen LogP contribution is 2.71. The number of ether oxygens (including phenoxy) is 3. The maximum absolute atomic E-state index is 13.6. The molecule has 6 heteroatoms. The lowest BCUT2D eigenvalue weighted by atomic mass is 9.50. The molecule has 0 radical (unpaired) electrons. The van der Waals surface area contributed by atoms with E-state index in [0.717, 1.165) is 25.2 Å². The van der Waals surface area contributed by atoms with Crippen molar-refractivity contribution in [2.45, 2.75) is 42.2 Å². The maximum Gasteiger partial charge on any atom is 0.231 e. The van der Waals surface area contributed by atoms with Gasteiger partial charge >= 0.3 is 0 Å². The van der Waals surface area contributed by atoms with E-state index in [4.69, 9.17) is 14.2 Å². The number of amides is 1. The molecule has 2 bridgehead atoms. The number of fused-ring (bicyclic) bond motifs is 2. The normalized spacial score (nSPS) is 46.4. The van der Waals surface area contributed by atoms with Crippen LogP contribution in [0.4, 0.5) is 5.69 Å². The fourth-order valence-corrected chi connectivity index (χ4v) is 8.28. The highest BCUT2D eigenvalue weighted by molar-refractivity contribution is 6.00. The molecule has 1 amide bonds. The fourth-order valence-electron chi connectivity index (χ4n) is 8.28. The van der Waals surface area contributed by atoms with Gasteiger partial charge in [0, 0.05) is 39.1 Å². The number of piperidine rings is 2. The third-order valence-corrected chi connectivity index (χ3v) is 8.87. The molecule has 3 saturated heterocycles. The Balaban J connectivity index is 1.62. The van der Waals surface area contributed by atoms with E-state index in [9.17, 15) is 4.79 Å². The van der Waals surface area contributed by atoms with Crippen LogP contribution < -0.4 is 4.90 Å². The minimum atomic E-state index is -0.723. The van der Waals surface area contributed by atoms with E-state index in [0.29, 0.717) is 13.0 Å². The minimum Gasteiger partial charge on any atom is -0.379 e. The molecule has 1 saturated carbocycles. The van der Waals surface area contributed by atoms with Crippen LogP contribution in [-0.2, 0) is 24.4 Å². The Hall–Kier alpha value is -1.73. The van der Waals surface area contributed by atoms with Crippen molar-refractivity contribution < 1.29 is 19.0 Å². The molecule has 1 aromatic carbocycles. The van der Waals surface area contributed by atoms with E-state index < -0.39 is 5.72 Å². The highest BCUT2D eigenvalue weighted by Gasteiger charge is 2.81. The van der Waals surface area contributed by atoms with Gasteiger partial charge < -0.3 is 14.2 Å². The number of nitrogens with zero attached hydrogens (tertiary/aromatic N) is 2. The standard InChI is InChI=1S/C23H26N2O4/c1-27-20-18-13-7-10-29-16-11-17(26)25-15-6-4-3-5-14(15)22(23(25,28-2)19(16)18)8-9-24(12-13)21(20)22/h3-7,16,18-21H,8-12H2,1-2H3/t16?,18-,19-,20?,21+,22+,23?/m0/s1. The van der Waals surface area contributed by atoms with Crippen LogP contribution in [0.5, 0.6) is 0 Å². The molecule has 6 nitrogen and oxygen atoms in total. The Morgan fingerprint density at radius 1 is 1.24 bits per heavy atom. The third kappa shape index (κ3) is 1.57. The molecule has 6 aliphatic rings. The van der Waals surface area contributed by atoms with Crippen molar-refractivity contribution >= 4 is 11.6 Å². The Morgan fingerprint density at radius 3 is 2.93 bits per heavy atom. The van der Waals surface area contributed by atoms with Crippen molar-refractivity contribution in [2.75, 3.05) is 38.8 Å². The lowest BCUT2D eigenvalue weighted by molar-refractivity contribution is -0.237. The molecule has 0 aromatic heterocycles. The molecule has 0 N–H and O–H groups in total. The first-order chi connectivity index (χ1) is 14.2. The van der Waals surface area contributed by atoms with Crippen molar-refractivity contribution in [3.8, 4) is 0 Å². The monoisotopic (exact) mass is 394 g/mol. The quantitative estimate of drug-likeness (QED) is 0.715. The molecule has 1 aliphatic carbocycles. The first kappa shape index (κ1) is 17.0. The van der Waals surface area contributed by atoms with Crippen LogP contribution in [0.2, 0.25) is 0 Å². The maximum atomic E-state index is 13.6. The first-order valence-electron chi connectivity index (χ1n) is 10.7. The fraction of sp³-hybridized carbons (Fsp3) is 0.609. The summed E-state index contributed by atoms with van der Waals surface area (Å²) < 4.78 is 19.2. The average molecular weight is 394 g/mol. The Morgan fingerprint density at radius 2 is 2.10 bits per heavy atom. The number of methoxy groups -OCH3 is 2. The topological polar surface area (TPSA) is 51.2 Å². The van der Waals surface area contributed by atoms with Crippen LogP contribution in [0.25, 0.3) is 0 Å². The lowest BCUT2D eigenvalue weighted by Gasteiger charge is -2.66. The smallest absolute Gasteiger partial charge is 0.231 e. The van der Waals surface area contributed by atoms with Crippen LogP contribution in [0.3, 0.4) is 0 Å². The summed E-state index contributed by atoms with van der Waals surface area (Å²) >= 11 is 0. The molecule has 152 valence electrons. The van der Waals surface area contributed by atoms with Crippen LogP contribution in [-0.4, -0.2) is 68.7 Å². The van der Waals surface area contributed by atoms with Crippen LogP contribution in [0.15, 0.2) is 35.9 Å². The van der Waals surface area contributed by atoms with E-state index in [1.807, 2.05) is 18.1 Å². The van der Waals surface area contributed by atoms with E-state index in [2.05, 4.69) is 29.2 Å². The molecular formula is C23H26N2O4. The first-order valence-corrected chi connectivity index (χ1v) is 10.7. The zero-order chi connectivity index (χ0) is 19.5. The number of benzene rings is 1. The van der Waals surface area contributed by atoms with Crippen molar-refractivity contribution in [3.05, 3.63) is 41.5 Å². The summed E-state index contributed by atoms with van der Waals surface area (Å²) in [4.78, 5) is 18.2. The number of anilines is 1. The number of carbonyl (C=O) groups excluding carboxylic acids is 1. The molecule has 1 aromatic rings. The van der Waals surface area contributed by atoms with Gasteiger partial charge in [0.15, 0.2) is 5.72 Å². The van der Waals surface area contributed by atoms with E-state index in [1.54, 1.807) is 7.11 Å². The Bertz CT molecular complexity index is 962. The second-order valence-corrected chi connectivity index (χ2v) is 9.39. The number of hydrogen-bond acceptors (Lipinski definition) is 5. The van der Waals surface area contributed by atoms with E-state index >= 15 is 0 Å². The van der Waals surface area contributed by atoms with Gasteiger partial charge in [-0.3, -0.25) is 14.6 Å². The predicted octanol–water partition coefficient (Wildman–Crippen LogP) is 1.69. The molecule has 4 fully saturated rings. The molecule has 29 heavy (non-hydrogen) atoms. The zero-order valence-electron chi connectivity index (χ0n) is 16.8. The Kier molecular flexibility index (Phi) is 3.11. The summed E-state index contributed by atoms with van der Waals surface area (Å²) in [6, 6.07) is 8.66. The van der Waals surface area contributed by atoms with Gasteiger partial charge in [-0.2, -0.15) is 0 Å². The SMILES string of the molecule is COC1[C@H]2C3=CCOC4CC(=O)N5c6ccccc6[C@@]6(CCN(C3)[C@H]16)C5(OC)[C@@H]42. The highest BCUT2D eigenvalue weighted by atomic mass is 16.5. The van der Waals surface area contributed by atoms with Gasteiger partial charge in [-0.15, -0.1) is 0 Å². The lowest BCUT2D eigenvalue weighted by Crippen LogP contribution is -2.81. The second kappa shape index (κ2) is 5.30. The molecule has 5 heterocycles. The average Bonchev–Trinajstić information content (AvgIpc) is 3.19. The number of para-hydroxylation sites is 1. The van der Waals surface area contributed by atoms with Gasteiger partial charge in [0.25, 0.3) is 0 Å². The molecule has 7 atom stereocenters. The zero-order valence-corrected chi connectivity index (χ0v) is 16.8. The van der Waals surface area contributed by atoms with Gasteiger partial charge in [0.2, 0.25) is 5.91 Å². The second-order valence-electron chi connectivity index (χ2n) is 9.39. The largest absolute Gasteiger partial charge is 0.379 e. The van der Waals surface area contributed by atoms with Gasteiger partial charge in [0.1, 0.15) is 0 Å². The number of carbonyl (C=O) groups is 1. The van der Waals surface area contributed by atoms with Gasteiger partial charge in [0.05, 0.1) is 42.4 Å². The summed E-state index contributed by atoms with van der Waals surface area (Å²) in [6.45, 7) is 2.53. The van der Waals surface area contributed by atoms with Gasteiger partial charge in [-0.05, 0) is 18.1 Å². The van der Waals surface area contributed by atoms with Crippen LogP contribution in [0, 0.1) is 11.8 Å². The third-order valence-electron chi connectivity index (χ3n) is 8.87. The number of hydrogen-bond donors (Lipinski definition) is 0. The predicted molar refractivity (Wildman–Crippen MR) is 106 cm³/mol. The van der Waals surface area contributed by atoms with Gasteiger partial charge in [-0.1, -0.05) is 29.8 Å². The van der Waals surface area contributed by atoms with E-state index in [1.165, 1.54) is 11.1 Å². The summed E-state index contributed by atoms with van der Waals surface area (Å²) in [5, 5.41) is 0. The van der Waals surface area contributed by atoms with Crippen molar-refractivity contribution in [2.24, 2.45) is 11.8 Å². The minimum absolute atomic E-state index is 0.0628. The van der Waals surface area contributed by atoms with Crippen LogP contribution >= 0.6 is 0 Å². The molecule has 3 unspecified atom stereocenters. The summed E-state index contributed by atoms with van der Waals surface area (Å²) in [5.74, 6) is 0.394. The summed E-state index contributed by atoms with van der Waals surface area (Å²) in [6.07, 6.45) is 3.56. The van der Waals surface area contributed by atoms with Crippen molar-refractivity contribution in [3.63, 3.8) is 0 Å². The molecule has 7 rings (SSSR count). The van der Waals surface area contributed by atoms with Gasteiger partial charge in [-0.25, -0.2) is 0 Å². The summed E-state index contributed by atoms with van der Waals surface area (Å²) in [7, 11) is 3.65. The summed E-state index contributed by atoms with van der Waals surface area (Å²) in [5.41, 5.74) is 2.66. The molecule has 5 aliphatic heterocycles.